The minimum absolute atomic E-state index is 0. The number of benzene rings is 1. The van der Waals surface area contributed by atoms with Crippen molar-refractivity contribution < 1.29 is 14.3 Å². The molecule has 1 aromatic carbocycles. The first-order valence-electron chi connectivity index (χ1n) is 9.40. The molecule has 0 spiro atoms. The normalized spacial score (nSPS) is 24.5. The van der Waals surface area contributed by atoms with Crippen molar-refractivity contribution in [1.29, 1.82) is 0 Å². The van der Waals surface area contributed by atoms with Gasteiger partial charge in [0.1, 0.15) is 5.75 Å². The van der Waals surface area contributed by atoms with Crippen LogP contribution in [-0.4, -0.2) is 49.0 Å². The first kappa shape index (κ1) is 21.5. The predicted octanol–water partition coefficient (Wildman–Crippen LogP) is 2.45. The van der Waals surface area contributed by atoms with Crippen molar-refractivity contribution in [3.63, 3.8) is 0 Å². The van der Waals surface area contributed by atoms with Crippen LogP contribution in [-0.2, 0) is 9.59 Å². The molecule has 6 nitrogen and oxygen atoms in total. The maximum atomic E-state index is 13.0. The molecule has 0 aromatic heterocycles. The molecular weight excluding hydrogens is 366 g/mol. The van der Waals surface area contributed by atoms with Gasteiger partial charge in [-0.1, -0.05) is 26.0 Å². The maximum absolute atomic E-state index is 13.0. The second-order valence-corrected chi connectivity index (χ2v) is 7.95. The Morgan fingerprint density at radius 2 is 2.04 bits per heavy atom. The van der Waals surface area contributed by atoms with Crippen molar-refractivity contribution in [2.45, 2.75) is 39.7 Å². The van der Waals surface area contributed by atoms with Gasteiger partial charge in [0.15, 0.2) is 0 Å². The van der Waals surface area contributed by atoms with E-state index < -0.39 is 0 Å². The predicted molar refractivity (Wildman–Crippen MR) is 108 cm³/mol. The third-order valence-electron chi connectivity index (χ3n) is 5.55. The summed E-state index contributed by atoms with van der Waals surface area (Å²) in [5.74, 6) is 0.419. The molecule has 0 radical (unpaired) electrons. The van der Waals surface area contributed by atoms with E-state index in [4.69, 9.17) is 10.5 Å². The van der Waals surface area contributed by atoms with E-state index in [0.717, 1.165) is 12.1 Å². The monoisotopic (exact) mass is 395 g/mol. The number of halogens is 1. The zero-order valence-corrected chi connectivity index (χ0v) is 17.1. The van der Waals surface area contributed by atoms with Gasteiger partial charge in [-0.05, 0) is 30.9 Å². The molecule has 2 unspecified atom stereocenters. The molecule has 2 fully saturated rings. The number of carbonyl (C=O) groups is 2. The molecule has 0 bridgehead atoms. The molecule has 2 saturated heterocycles. The minimum atomic E-state index is -0.303. The molecule has 1 aromatic rings. The number of carbonyl (C=O) groups excluding carboxylic acids is 2. The van der Waals surface area contributed by atoms with Crippen molar-refractivity contribution in [3.8, 4) is 5.75 Å². The summed E-state index contributed by atoms with van der Waals surface area (Å²) in [5.41, 5.74) is 6.83. The van der Waals surface area contributed by atoms with Gasteiger partial charge < -0.3 is 20.3 Å². The molecule has 2 aliphatic rings. The molecule has 2 amide bonds. The van der Waals surface area contributed by atoms with Crippen LogP contribution in [0.1, 0.15) is 33.6 Å². The molecule has 0 saturated carbocycles. The Bertz CT molecular complexity index is 695. The van der Waals surface area contributed by atoms with Crippen LogP contribution >= 0.6 is 12.4 Å². The smallest absolute Gasteiger partial charge is 0.228 e. The van der Waals surface area contributed by atoms with Crippen molar-refractivity contribution >= 4 is 29.9 Å². The van der Waals surface area contributed by atoms with E-state index in [0.29, 0.717) is 32.0 Å². The van der Waals surface area contributed by atoms with Gasteiger partial charge in [0.25, 0.3) is 0 Å². The van der Waals surface area contributed by atoms with Crippen LogP contribution in [0.4, 0.5) is 5.69 Å². The lowest BCUT2D eigenvalue weighted by molar-refractivity contribution is -0.139. The van der Waals surface area contributed by atoms with E-state index >= 15 is 0 Å². The van der Waals surface area contributed by atoms with Gasteiger partial charge in [0.05, 0.1) is 18.2 Å². The molecule has 2 N–H and O–H groups in total. The van der Waals surface area contributed by atoms with Crippen molar-refractivity contribution in [2.75, 3.05) is 31.1 Å². The highest BCUT2D eigenvalue weighted by molar-refractivity contribution is 6.01. The second-order valence-electron chi connectivity index (χ2n) is 7.95. The number of para-hydroxylation sites is 2. The lowest BCUT2D eigenvalue weighted by atomic mass is 9.79. The first-order valence-corrected chi connectivity index (χ1v) is 9.40. The Hall–Kier alpha value is -1.79. The molecule has 150 valence electrons. The van der Waals surface area contributed by atoms with Crippen molar-refractivity contribution in [1.82, 2.24) is 4.90 Å². The van der Waals surface area contributed by atoms with Crippen molar-refractivity contribution in [2.24, 2.45) is 17.1 Å². The Morgan fingerprint density at radius 1 is 1.33 bits per heavy atom. The average molecular weight is 396 g/mol. The molecular formula is C20H30ClN3O3. The summed E-state index contributed by atoms with van der Waals surface area (Å²) in [5, 5.41) is 0. The topological polar surface area (TPSA) is 75.9 Å². The number of rotatable bonds is 4. The number of ether oxygens (including phenoxy) is 1. The number of nitrogens with two attached hydrogens (primary N) is 1. The Balaban J connectivity index is 0.00000261. The minimum Gasteiger partial charge on any atom is -0.492 e. The maximum Gasteiger partial charge on any atom is 0.228 e. The number of amides is 2. The molecule has 27 heavy (non-hydrogen) atoms. The largest absolute Gasteiger partial charge is 0.492 e. The van der Waals surface area contributed by atoms with Crippen LogP contribution in [0.15, 0.2) is 24.3 Å². The number of anilines is 1. The second kappa shape index (κ2) is 8.48. The average Bonchev–Trinajstić information content (AvgIpc) is 2.99. The molecule has 2 aliphatic heterocycles. The van der Waals surface area contributed by atoms with Gasteiger partial charge in [-0.3, -0.25) is 9.59 Å². The van der Waals surface area contributed by atoms with Gasteiger partial charge in [0, 0.05) is 32.1 Å². The standard InChI is InChI=1S/C20H29N3O3.ClH/c1-4-26-16-8-6-5-7-15(16)23-12-14(11-18(23)24)19(25)22-10-9-17(21)20(2,3)13-22;/h5-8,14,17H,4,9-13,21H2,1-3H3;1H. The number of nitrogens with zero attached hydrogens (tertiary/aromatic N) is 2. The molecule has 2 heterocycles. The number of hydrogen-bond acceptors (Lipinski definition) is 4. The van der Waals surface area contributed by atoms with Crippen LogP contribution in [0, 0.1) is 11.3 Å². The van der Waals surface area contributed by atoms with E-state index in [1.807, 2.05) is 36.1 Å². The number of likely N-dealkylation sites (tertiary alicyclic amines) is 1. The number of hydrogen-bond donors (Lipinski definition) is 1. The van der Waals surface area contributed by atoms with E-state index in [1.54, 1.807) is 4.90 Å². The summed E-state index contributed by atoms with van der Waals surface area (Å²) in [7, 11) is 0. The van der Waals surface area contributed by atoms with Crippen LogP contribution in [0.25, 0.3) is 0 Å². The lowest BCUT2D eigenvalue weighted by Crippen LogP contribution is -2.55. The van der Waals surface area contributed by atoms with Crippen LogP contribution in [0.5, 0.6) is 5.75 Å². The third-order valence-corrected chi connectivity index (χ3v) is 5.55. The van der Waals surface area contributed by atoms with Gasteiger partial charge in [0.2, 0.25) is 11.8 Å². The Kier molecular flexibility index (Phi) is 6.76. The summed E-state index contributed by atoms with van der Waals surface area (Å²) in [6.07, 6.45) is 1.05. The summed E-state index contributed by atoms with van der Waals surface area (Å²) >= 11 is 0. The van der Waals surface area contributed by atoms with Crippen molar-refractivity contribution in [3.05, 3.63) is 24.3 Å². The molecule has 2 atom stereocenters. The van der Waals surface area contributed by atoms with Crippen LogP contribution in [0.2, 0.25) is 0 Å². The van der Waals surface area contributed by atoms with E-state index in [1.165, 1.54) is 0 Å². The van der Waals surface area contributed by atoms with Crippen LogP contribution < -0.4 is 15.4 Å². The third kappa shape index (κ3) is 4.38. The molecule has 7 heteroatoms. The lowest BCUT2D eigenvalue weighted by Gasteiger charge is -2.43. The van der Waals surface area contributed by atoms with Crippen LogP contribution in [0.3, 0.4) is 0 Å². The fraction of sp³-hybridized carbons (Fsp3) is 0.600. The van der Waals surface area contributed by atoms with E-state index in [-0.39, 0.29) is 48.0 Å². The SMILES string of the molecule is CCOc1ccccc1N1CC(C(=O)N2CCC(N)C(C)(C)C2)CC1=O.Cl. The quantitative estimate of drug-likeness (QED) is 0.849. The molecule has 3 rings (SSSR count). The van der Waals surface area contributed by atoms with E-state index in [9.17, 15) is 9.59 Å². The summed E-state index contributed by atoms with van der Waals surface area (Å²) < 4.78 is 5.65. The Morgan fingerprint density at radius 3 is 2.70 bits per heavy atom. The first-order chi connectivity index (χ1) is 12.3. The van der Waals surface area contributed by atoms with Gasteiger partial charge in [-0.15, -0.1) is 12.4 Å². The highest BCUT2D eigenvalue weighted by atomic mass is 35.5. The Labute approximate surface area is 167 Å². The summed E-state index contributed by atoms with van der Waals surface area (Å²) in [4.78, 5) is 29.2. The molecule has 0 aliphatic carbocycles. The highest BCUT2D eigenvalue weighted by Crippen LogP contribution is 2.35. The zero-order valence-electron chi connectivity index (χ0n) is 16.3. The fourth-order valence-electron chi connectivity index (χ4n) is 3.88. The van der Waals surface area contributed by atoms with E-state index in [2.05, 4.69) is 13.8 Å². The van der Waals surface area contributed by atoms with Gasteiger partial charge >= 0.3 is 0 Å². The van der Waals surface area contributed by atoms with Gasteiger partial charge in [-0.25, -0.2) is 0 Å². The van der Waals surface area contributed by atoms with Gasteiger partial charge in [-0.2, -0.15) is 0 Å². The highest BCUT2D eigenvalue weighted by Gasteiger charge is 2.41. The fourth-order valence-corrected chi connectivity index (χ4v) is 3.88. The summed E-state index contributed by atoms with van der Waals surface area (Å²) in [6, 6.07) is 7.60. The zero-order chi connectivity index (χ0) is 18.9. The number of piperidine rings is 1. The summed E-state index contributed by atoms with van der Waals surface area (Å²) in [6.45, 7) is 8.37.